The molecule has 0 heterocycles. The fraction of sp³-hybridized carbons (Fsp3) is 0. The minimum atomic E-state index is -1.49. The molecular formula is C12H5F4IO. The Hall–Kier alpha value is -1.31. The maximum absolute atomic E-state index is 13.6. The molecule has 0 saturated carbocycles. The van der Waals surface area contributed by atoms with Crippen molar-refractivity contribution in [1.29, 1.82) is 0 Å². The van der Waals surface area contributed by atoms with Gasteiger partial charge in [0.1, 0.15) is 0 Å². The third kappa shape index (κ3) is 2.05. The molecule has 0 aromatic heterocycles. The van der Waals surface area contributed by atoms with E-state index in [1.807, 2.05) is 0 Å². The van der Waals surface area contributed by atoms with Gasteiger partial charge in [-0.05, 0) is 40.8 Å². The number of hydrogen-bond donors (Lipinski definition) is 1. The normalized spacial score (nSPS) is 10.7. The first-order chi connectivity index (χ1) is 8.43. The maximum Gasteiger partial charge on any atom is 0.200 e. The Bertz CT molecular complexity index is 572. The summed E-state index contributed by atoms with van der Waals surface area (Å²) < 4.78 is 53.7. The fourth-order valence-electron chi connectivity index (χ4n) is 1.48. The average Bonchev–Trinajstić information content (AvgIpc) is 2.35. The van der Waals surface area contributed by atoms with E-state index in [0.717, 1.165) is 18.2 Å². The molecule has 0 aliphatic carbocycles. The summed E-state index contributed by atoms with van der Waals surface area (Å²) in [4.78, 5) is 0. The number of halogens is 5. The van der Waals surface area contributed by atoms with Crippen LogP contribution < -0.4 is 0 Å². The molecule has 6 heteroatoms. The number of benzene rings is 2. The van der Waals surface area contributed by atoms with Gasteiger partial charge in [0.2, 0.25) is 5.82 Å². The molecule has 0 fully saturated rings. The third-order valence-corrected chi connectivity index (χ3v) is 3.22. The molecule has 2 rings (SSSR count). The van der Waals surface area contributed by atoms with Crippen LogP contribution in [0.25, 0.3) is 11.1 Å². The summed E-state index contributed by atoms with van der Waals surface area (Å²) in [7, 11) is 0. The second-order valence-corrected chi connectivity index (χ2v) is 4.65. The van der Waals surface area contributed by atoms with Gasteiger partial charge in [0, 0.05) is 11.1 Å². The van der Waals surface area contributed by atoms with Gasteiger partial charge in [-0.15, -0.1) is 0 Å². The predicted molar refractivity (Wildman–Crippen MR) is 66.1 cm³/mol. The largest absolute Gasteiger partial charge is 0.505 e. The molecule has 0 aliphatic heterocycles. The van der Waals surface area contributed by atoms with Crippen molar-refractivity contribution in [3.8, 4) is 16.9 Å². The van der Waals surface area contributed by atoms with E-state index < -0.39 is 40.1 Å². The lowest BCUT2D eigenvalue weighted by Gasteiger charge is -2.08. The summed E-state index contributed by atoms with van der Waals surface area (Å²) in [6, 6.07) is 4.26. The molecule has 1 nitrogen and oxygen atoms in total. The van der Waals surface area contributed by atoms with E-state index in [1.54, 1.807) is 22.6 Å². The van der Waals surface area contributed by atoms with Crippen LogP contribution in [0.4, 0.5) is 17.6 Å². The second-order valence-electron chi connectivity index (χ2n) is 3.48. The highest BCUT2D eigenvalue weighted by atomic mass is 127. The highest BCUT2D eigenvalue weighted by molar-refractivity contribution is 14.1. The van der Waals surface area contributed by atoms with Gasteiger partial charge in [0.25, 0.3) is 0 Å². The first-order valence-corrected chi connectivity index (χ1v) is 5.82. The zero-order valence-corrected chi connectivity index (χ0v) is 10.8. The molecule has 2 aromatic carbocycles. The van der Waals surface area contributed by atoms with Gasteiger partial charge in [-0.3, -0.25) is 0 Å². The lowest BCUT2D eigenvalue weighted by Crippen LogP contribution is -1.96. The highest BCUT2D eigenvalue weighted by Crippen LogP contribution is 2.32. The van der Waals surface area contributed by atoms with Crippen LogP contribution in [0.15, 0.2) is 24.3 Å². The molecule has 18 heavy (non-hydrogen) atoms. The van der Waals surface area contributed by atoms with Crippen LogP contribution in [-0.4, -0.2) is 5.11 Å². The van der Waals surface area contributed by atoms with E-state index in [2.05, 4.69) is 0 Å². The Balaban J connectivity index is 2.71. The number of rotatable bonds is 1. The molecule has 0 radical (unpaired) electrons. The molecule has 0 atom stereocenters. The Morgan fingerprint density at radius 1 is 0.722 bits per heavy atom. The lowest BCUT2D eigenvalue weighted by atomic mass is 10.0. The molecule has 0 bridgehead atoms. The fourth-order valence-corrected chi connectivity index (χ4v) is 1.90. The van der Waals surface area contributed by atoms with Gasteiger partial charge in [-0.1, -0.05) is 6.07 Å². The van der Waals surface area contributed by atoms with Crippen LogP contribution >= 0.6 is 22.6 Å². The average molecular weight is 368 g/mol. The Morgan fingerprint density at radius 3 is 1.83 bits per heavy atom. The van der Waals surface area contributed by atoms with E-state index in [1.165, 1.54) is 6.07 Å². The minimum absolute atomic E-state index is 0.0357. The van der Waals surface area contributed by atoms with Crippen LogP contribution in [0, 0.1) is 26.8 Å². The smallest absolute Gasteiger partial charge is 0.200 e. The summed E-state index contributed by atoms with van der Waals surface area (Å²) in [5.74, 6) is -6.19. The molecule has 0 unspecified atom stereocenters. The Kier molecular flexibility index (Phi) is 3.47. The van der Waals surface area contributed by atoms with E-state index in [4.69, 9.17) is 5.11 Å². The van der Waals surface area contributed by atoms with Gasteiger partial charge in [-0.2, -0.15) is 4.39 Å². The van der Waals surface area contributed by atoms with Crippen molar-refractivity contribution >= 4 is 22.6 Å². The minimum Gasteiger partial charge on any atom is -0.505 e. The van der Waals surface area contributed by atoms with Gasteiger partial charge >= 0.3 is 0 Å². The Morgan fingerprint density at radius 2 is 1.22 bits per heavy atom. The van der Waals surface area contributed by atoms with Crippen molar-refractivity contribution in [3.63, 3.8) is 0 Å². The second kappa shape index (κ2) is 4.75. The van der Waals surface area contributed by atoms with Gasteiger partial charge < -0.3 is 5.11 Å². The van der Waals surface area contributed by atoms with Crippen LogP contribution in [0.3, 0.4) is 0 Å². The number of phenols is 1. The molecule has 94 valence electrons. The zero-order chi connectivity index (χ0) is 13.4. The molecular weight excluding hydrogens is 363 g/mol. The van der Waals surface area contributed by atoms with Crippen LogP contribution in [0.2, 0.25) is 0 Å². The topological polar surface area (TPSA) is 20.2 Å². The standard InChI is InChI=1S/C12H5F4IO/c13-9-5(1-3-7(17)11(9)15)6-2-4-8(18)12(16)10(6)14/h1-4,18H. The van der Waals surface area contributed by atoms with Gasteiger partial charge in [0.15, 0.2) is 23.2 Å². The predicted octanol–water partition coefficient (Wildman–Crippen LogP) is 4.22. The summed E-state index contributed by atoms with van der Waals surface area (Å²) in [6.07, 6.45) is 0. The number of aromatic hydroxyl groups is 1. The van der Waals surface area contributed by atoms with E-state index in [-0.39, 0.29) is 3.57 Å². The molecule has 0 aliphatic rings. The van der Waals surface area contributed by atoms with Crippen LogP contribution in [-0.2, 0) is 0 Å². The third-order valence-electron chi connectivity index (χ3n) is 2.39. The summed E-state index contributed by atoms with van der Waals surface area (Å²) >= 11 is 1.58. The summed E-state index contributed by atoms with van der Waals surface area (Å²) in [5.41, 5.74) is -0.845. The van der Waals surface area contributed by atoms with Crippen molar-refractivity contribution in [3.05, 3.63) is 51.1 Å². The van der Waals surface area contributed by atoms with Crippen LogP contribution in [0.1, 0.15) is 0 Å². The molecule has 0 saturated heterocycles. The van der Waals surface area contributed by atoms with E-state index >= 15 is 0 Å². The molecule has 0 amide bonds. The number of phenolic OH excluding ortho intramolecular Hbond substituents is 1. The van der Waals surface area contributed by atoms with Crippen molar-refractivity contribution in [2.75, 3.05) is 0 Å². The first kappa shape index (κ1) is 13.1. The van der Waals surface area contributed by atoms with Crippen molar-refractivity contribution in [1.82, 2.24) is 0 Å². The SMILES string of the molecule is Oc1ccc(-c2ccc(I)c(F)c2F)c(F)c1F. The molecule has 2 aromatic rings. The van der Waals surface area contributed by atoms with Crippen LogP contribution in [0.5, 0.6) is 5.75 Å². The molecule has 1 N–H and O–H groups in total. The quantitative estimate of drug-likeness (QED) is 0.454. The van der Waals surface area contributed by atoms with Crippen molar-refractivity contribution in [2.45, 2.75) is 0 Å². The van der Waals surface area contributed by atoms with Gasteiger partial charge in [0.05, 0.1) is 3.57 Å². The lowest BCUT2D eigenvalue weighted by molar-refractivity contribution is 0.407. The summed E-state index contributed by atoms with van der Waals surface area (Å²) in [6.45, 7) is 0. The number of hydrogen-bond acceptors (Lipinski definition) is 1. The molecule has 0 spiro atoms. The van der Waals surface area contributed by atoms with Crippen molar-refractivity contribution < 1.29 is 22.7 Å². The first-order valence-electron chi connectivity index (χ1n) is 4.74. The monoisotopic (exact) mass is 368 g/mol. The zero-order valence-electron chi connectivity index (χ0n) is 8.65. The maximum atomic E-state index is 13.6. The van der Waals surface area contributed by atoms with E-state index in [9.17, 15) is 17.6 Å². The van der Waals surface area contributed by atoms with Gasteiger partial charge in [-0.25, -0.2) is 13.2 Å². The van der Waals surface area contributed by atoms with Crippen molar-refractivity contribution in [2.24, 2.45) is 0 Å². The highest BCUT2D eigenvalue weighted by Gasteiger charge is 2.19. The Labute approximate surface area is 113 Å². The van der Waals surface area contributed by atoms with E-state index in [0.29, 0.717) is 0 Å². The summed E-state index contributed by atoms with van der Waals surface area (Å²) in [5, 5.41) is 8.96.